The Bertz CT molecular complexity index is 699. The summed E-state index contributed by atoms with van der Waals surface area (Å²) in [6.45, 7) is 3.91. The number of hydrogen-bond donors (Lipinski definition) is 2. The molecule has 0 fully saturated rings. The van der Waals surface area contributed by atoms with E-state index in [9.17, 15) is 4.79 Å². The maximum atomic E-state index is 12.1. The minimum atomic E-state index is -0.0515. The molecule has 0 aliphatic carbocycles. The van der Waals surface area contributed by atoms with Crippen molar-refractivity contribution in [3.8, 4) is 11.5 Å². The zero-order valence-corrected chi connectivity index (χ0v) is 14.3. The molecule has 0 heterocycles. The van der Waals surface area contributed by atoms with Crippen LogP contribution in [0.15, 0.2) is 42.5 Å². The van der Waals surface area contributed by atoms with Gasteiger partial charge in [-0.1, -0.05) is 12.1 Å². The average molecular weight is 328 g/mol. The van der Waals surface area contributed by atoms with E-state index in [0.29, 0.717) is 30.0 Å². The number of ether oxygens (including phenoxy) is 2. The van der Waals surface area contributed by atoms with Crippen LogP contribution in [-0.4, -0.2) is 19.1 Å². The molecule has 0 bridgehead atoms. The normalized spacial score (nSPS) is 10.5. The molecule has 0 saturated carbocycles. The Labute approximate surface area is 142 Å². The number of carbonyl (C=O) groups is 1. The number of benzene rings is 2. The van der Waals surface area contributed by atoms with E-state index in [-0.39, 0.29) is 12.0 Å². The topological polar surface area (TPSA) is 73.6 Å². The minimum absolute atomic E-state index is 0.0515. The van der Waals surface area contributed by atoms with Gasteiger partial charge >= 0.3 is 0 Å². The second kappa shape index (κ2) is 8.24. The summed E-state index contributed by atoms with van der Waals surface area (Å²) in [4.78, 5) is 12.1. The number of amides is 1. The molecule has 0 aliphatic heterocycles. The van der Waals surface area contributed by atoms with E-state index in [1.54, 1.807) is 13.2 Å². The van der Waals surface area contributed by atoms with Crippen LogP contribution < -0.4 is 20.5 Å². The van der Waals surface area contributed by atoms with Crippen LogP contribution >= 0.6 is 0 Å². The van der Waals surface area contributed by atoms with Gasteiger partial charge in [-0.3, -0.25) is 4.79 Å². The Balaban J connectivity index is 1.90. The van der Waals surface area contributed by atoms with Crippen LogP contribution in [0.1, 0.15) is 25.8 Å². The number of nitrogens with one attached hydrogen (secondary N) is 1. The standard InChI is InChI=1S/C19H24N2O3/c1-13(2)24-18-9-7-14(11-17(18)20)8-10-19(22)21-15-5-4-6-16(12-15)23-3/h4-7,9,11-13H,8,10,20H2,1-3H3,(H,21,22). The lowest BCUT2D eigenvalue weighted by Gasteiger charge is -2.13. The van der Waals surface area contributed by atoms with Crippen molar-refractivity contribution in [2.24, 2.45) is 0 Å². The molecule has 0 radical (unpaired) electrons. The first-order valence-corrected chi connectivity index (χ1v) is 7.97. The zero-order valence-electron chi connectivity index (χ0n) is 14.3. The minimum Gasteiger partial charge on any atom is -0.497 e. The van der Waals surface area contributed by atoms with Crippen molar-refractivity contribution in [1.29, 1.82) is 0 Å². The van der Waals surface area contributed by atoms with Gasteiger partial charge in [0.1, 0.15) is 11.5 Å². The molecule has 3 N–H and O–H groups in total. The average Bonchev–Trinajstić information content (AvgIpc) is 2.55. The molecule has 1 amide bonds. The molecule has 0 saturated heterocycles. The summed E-state index contributed by atoms with van der Waals surface area (Å²) in [5.74, 6) is 1.33. The van der Waals surface area contributed by atoms with Crippen molar-refractivity contribution in [1.82, 2.24) is 0 Å². The predicted octanol–water partition coefficient (Wildman–Crippen LogP) is 3.64. The molecular weight excluding hydrogens is 304 g/mol. The summed E-state index contributed by atoms with van der Waals surface area (Å²) in [7, 11) is 1.60. The molecular formula is C19H24N2O3. The lowest BCUT2D eigenvalue weighted by Crippen LogP contribution is -2.12. The first-order chi connectivity index (χ1) is 11.5. The van der Waals surface area contributed by atoms with E-state index in [2.05, 4.69) is 5.32 Å². The van der Waals surface area contributed by atoms with E-state index < -0.39 is 0 Å². The number of methoxy groups -OCH3 is 1. The van der Waals surface area contributed by atoms with E-state index in [1.165, 1.54) is 0 Å². The molecule has 0 aliphatic rings. The van der Waals surface area contributed by atoms with Crippen LogP contribution in [0.5, 0.6) is 11.5 Å². The highest BCUT2D eigenvalue weighted by molar-refractivity contribution is 5.91. The molecule has 5 heteroatoms. The van der Waals surface area contributed by atoms with Crippen LogP contribution in [-0.2, 0) is 11.2 Å². The highest BCUT2D eigenvalue weighted by Crippen LogP contribution is 2.24. The number of aryl methyl sites for hydroxylation is 1. The Morgan fingerprint density at radius 1 is 1.21 bits per heavy atom. The fraction of sp³-hybridized carbons (Fsp3) is 0.316. The lowest BCUT2D eigenvalue weighted by atomic mass is 10.1. The van der Waals surface area contributed by atoms with Gasteiger partial charge in [0.15, 0.2) is 0 Å². The molecule has 2 aromatic rings. The number of hydrogen-bond acceptors (Lipinski definition) is 4. The summed E-state index contributed by atoms with van der Waals surface area (Å²) in [5, 5.41) is 2.86. The van der Waals surface area contributed by atoms with E-state index in [1.807, 2.05) is 50.2 Å². The van der Waals surface area contributed by atoms with Crippen molar-refractivity contribution < 1.29 is 14.3 Å². The van der Waals surface area contributed by atoms with Gasteiger partial charge in [-0.2, -0.15) is 0 Å². The van der Waals surface area contributed by atoms with Crippen molar-refractivity contribution >= 4 is 17.3 Å². The number of carbonyl (C=O) groups excluding carboxylic acids is 1. The van der Waals surface area contributed by atoms with Crippen molar-refractivity contribution in [3.63, 3.8) is 0 Å². The third kappa shape index (κ3) is 5.19. The van der Waals surface area contributed by atoms with Gasteiger partial charge in [0.05, 0.1) is 18.9 Å². The molecule has 2 aromatic carbocycles. The van der Waals surface area contributed by atoms with E-state index >= 15 is 0 Å². The summed E-state index contributed by atoms with van der Waals surface area (Å²) in [6.07, 6.45) is 1.06. The molecule has 0 spiro atoms. The fourth-order valence-corrected chi connectivity index (χ4v) is 2.30. The molecule has 0 aromatic heterocycles. The smallest absolute Gasteiger partial charge is 0.224 e. The first kappa shape index (κ1) is 17.7. The fourth-order valence-electron chi connectivity index (χ4n) is 2.30. The molecule has 0 atom stereocenters. The van der Waals surface area contributed by atoms with E-state index in [4.69, 9.17) is 15.2 Å². The van der Waals surface area contributed by atoms with Crippen molar-refractivity contribution in [3.05, 3.63) is 48.0 Å². The summed E-state index contributed by atoms with van der Waals surface area (Å²) in [6, 6.07) is 12.9. The number of rotatable bonds is 7. The lowest BCUT2D eigenvalue weighted by molar-refractivity contribution is -0.116. The molecule has 2 rings (SSSR count). The SMILES string of the molecule is COc1cccc(NC(=O)CCc2ccc(OC(C)C)c(N)c2)c1. The van der Waals surface area contributed by atoms with Crippen LogP contribution in [0.3, 0.4) is 0 Å². The molecule has 5 nitrogen and oxygen atoms in total. The van der Waals surface area contributed by atoms with Gasteiger partial charge in [0, 0.05) is 18.2 Å². The maximum absolute atomic E-state index is 12.1. The third-order valence-corrected chi connectivity index (χ3v) is 3.43. The van der Waals surface area contributed by atoms with Crippen LogP contribution in [0.4, 0.5) is 11.4 Å². The Hall–Kier alpha value is -2.69. The second-order valence-electron chi connectivity index (χ2n) is 5.82. The van der Waals surface area contributed by atoms with Crippen LogP contribution in [0.25, 0.3) is 0 Å². The predicted molar refractivity (Wildman–Crippen MR) is 96.6 cm³/mol. The van der Waals surface area contributed by atoms with Gasteiger partial charge in [0.25, 0.3) is 0 Å². The van der Waals surface area contributed by atoms with Gasteiger partial charge in [-0.25, -0.2) is 0 Å². The molecule has 128 valence electrons. The summed E-state index contributed by atoms with van der Waals surface area (Å²) >= 11 is 0. The second-order valence-corrected chi connectivity index (χ2v) is 5.82. The highest BCUT2D eigenvalue weighted by Gasteiger charge is 2.07. The largest absolute Gasteiger partial charge is 0.497 e. The maximum Gasteiger partial charge on any atom is 0.224 e. The zero-order chi connectivity index (χ0) is 17.5. The molecule has 0 unspecified atom stereocenters. The number of anilines is 2. The quantitative estimate of drug-likeness (QED) is 0.761. The van der Waals surface area contributed by atoms with Crippen molar-refractivity contribution in [2.45, 2.75) is 32.8 Å². The van der Waals surface area contributed by atoms with Gasteiger partial charge in [-0.05, 0) is 50.1 Å². The van der Waals surface area contributed by atoms with Gasteiger partial charge in [0.2, 0.25) is 5.91 Å². The Morgan fingerprint density at radius 3 is 2.67 bits per heavy atom. The first-order valence-electron chi connectivity index (χ1n) is 7.97. The Kier molecular flexibility index (Phi) is 6.07. The summed E-state index contributed by atoms with van der Waals surface area (Å²) < 4.78 is 10.8. The van der Waals surface area contributed by atoms with Gasteiger partial charge < -0.3 is 20.5 Å². The third-order valence-electron chi connectivity index (χ3n) is 3.43. The highest BCUT2D eigenvalue weighted by atomic mass is 16.5. The van der Waals surface area contributed by atoms with Crippen molar-refractivity contribution in [2.75, 3.05) is 18.2 Å². The summed E-state index contributed by atoms with van der Waals surface area (Å²) in [5.41, 5.74) is 8.31. The Morgan fingerprint density at radius 2 is 2.00 bits per heavy atom. The molecule has 24 heavy (non-hydrogen) atoms. The monoisotopic (exact) mass is 328 g/mol. The number of nitrogen functional groups attached to an aromatic ring is 1. The van der Waals surface area contributed by atoms with E-state index in [0.717, 1.165) is 11.3 Å². The number of nitrogens with two attached hydrogens (primary N) is 1. The van der Waals surface area contributed by atoms with Crippen LogP contribution in [0.2, 0.25) is 0 Å². The van der Waals surface area contributed by atoms with Gasteiger partial charge in [-0.15, -0.1) is 0 Å². The van der Waals surface area contributed by atoms with Crippen LogP contribution in [0, 0.1) is 0 Å².